The summed E-state index contributed by atoms with van der Waals surface area (Å²) in [5.41, 5.74) is 1.67. The summed E-state index contributed by atoms with van der Waals surface area (Å²) < 4.78 is 6.64. The van der Waals surface area contributed by atoms with E-state index in [1.807, 2.05) is 24.6 Å². The average molecular weight is 240 g/mol. The summed E-state index contributed by atoms with van der Waals surface area (Å²) in [5.74, 6) is -0.120. The van der Waals surface area contributed by atoms with Gasteiger partial charge in [-0.25, -0.2) is 0 Å². The average Bonchev–Trinajstić information content (AvgIpc) is 2.60. The number of hydrogen-bond acceptors (Lipinski definition) is 3. The fraction of sp³-hybridized carbons (Fsp3) is 0.583. The minimum atomic E-state index is -0.532. The van der Waals surface area contributed by atoms with Crippen LogP contribution in [-0.4, -0.2) is 41.9 Å². The molecule has 0 fully saturated rings. The van der Waals surface area contributed by atoms with Crippen molar-refractivity contribution in [2.75, 3.05) is 20.3 Å². The number of aryl methyl sites for hydroxylation is 1. The zero-order valence-corrected chi connectivity index (χ0v) is 10.6. The van der Waals surface area contributed by atoms with Crippen molar-refractivity contribution in [1.82, 2.24) is 9.88 Å². The molecule has 0 spiro atoms. The van der Waals surface area contributed by atoms with E-state index in [-0.39, 0.29) is 5.91 Å². The lowest BCUT2D eigenvalue weighted by Crippen LogP contribution is -2.29. The Balaban J connectivity index is 2.38. The Hall–Kier alpha value is -1.33. The molecule has 5 nitrogen and oxygen atoms in total. The van der Waals surface area contributed by atoms with Gasteiger partial charge in [-0.15, -0.1) is 0 Å². The molecule has 1 aromatic rings. The number of methoxy groups -OCH3 is 1. The number of rotatable bonds is 6. The normalized spacial score (nSPS) is 12.5. The first kappa shape index (κ1) is 13.7. The van der Waals surface area contributed by atoms with Gasteiger partial charge in [0, 0.05) is 26.4 Å². The summed E-state index contributed by atoms with van der Waals surface area (Å²) >= 11 is 0. The van der Waals surface area contributed by atoms with Crippen LogP contribution in [-0.2, 0) is 11.8 Å². The van der Waals surface area contributed by atoms with Crippen LogP contribution in [0, 0.1) is 6.92 Å². The third kappa shape index (κ3) is 3.87. The highest BCUT2D eigenvalue weighted by Crippen LogP contribution is 2.05. The van der Waals surface area contributed by atoms with E-state index in [1.54, 1.807) is 6.07 Å². The van der Waals surface area contributed by atoms with Crippen LogP contribution in [0.3, 0.4) is 0 Å². The summed E-state index contributed by atoms with van der Waals surface area (Å²) in [4.78, 5) is 11.8. The highest BCUT2D eigenvalue weighted by Gasteiger charge is 2.11. The highest BCUT2D eigenvalue weighted by atomic mass is 16.5. The number of nitrogens with one attached hydrogen (secondary N) is 1. The fourth-order valence-electron chi connectivity index (χ4n) is 1.56. The minimum absolute atomic E-state index is 0.120. The summed E-state index contributed by atoms with van der Waals surface area (Å²) in [5, 5.41) is 12.2. The maximum absolute atomic E-state index is 11.8. The molecule has 96 valence electrons. The number of aromatic nitrogens is 1. The molecule has 0 radical (unpaired) electrons. The number of ether oxygens (including phenoxy) is 1. The van der Waals surface area contributed by atoms with E-state index >= 15 is 0 Å². The molecule has 0 saturated carbocycles. The summed E-state index contributed by atoms with van der Waals surface area (Å²) in [7, 11) is 3.39. The Labute approximate surface area is 101 Å². The Kier molecular flexibility index (Phi) is 5.18. The van der Waals surface area contributed by atoms with Gasteiger partial charge in [0.15, 0.2) is 0 Å². The topological polar surface area (TPSA) is 63.5 Å². The largest absolute Gasteiger partial charge is 0.391 e. The van der Waals surface area contributed by atoms with Gasteiger partial charge in [-0.2, -0.15) is 0 Å². The molecule has 0 bridgehead atoms. The van der Waals surface area contributed by atoms with E-state index in [9.17, 15) is 9.90 Å². The standard InChI is InChI=1S/C12H20N2O3/c1-9-4-5-11(14(9)2)12(16)13-7-6-10(15)8-17-3/h4-5,10,15H,6-8H2,1-3H3,(H,13,16). The summed E-state index contributed by atoms with van der Waals surface area (Å²) in [6.07, 6.45) is -0.0429. The number of hydrogen-bond donors (Lipinski definition) is 2. The first-order valence-corrected chi connectivity index (χ1v) is 5.63. The molecule has 0 aromatic carbocycles. The van der Waals surface area contributed by atoms with Crippen LogP contribution in [0.25, 0.3) is 0 Å². The van der Waals surface area contributed by atoms with Gasteiger partial charge in [0.05, 0.1) is 12.7 Å². The van der Waals surface area contributed by atoms with E-state index < -0.39 is 6.10 Å². The minimum Gasteiger partial charge on any atom is -0.391 e. The van der Waals surface area contributed by atoms with Crippen molar-refractivity contribution < 1.29 is 14.6 Å². The van der Waals surface area contributed by atoms with Crippen LogP contribution in [0.2, 0.25) is 0 Å². The van der Waals surface area contributed by atoms with E-state index in [4.69, 9.17) is 4.74 Å². The molecule has 1 amide bonds. The molecule has 5 heteroatoms. The molecule has 1 heterocycles. The number of nitrogens with zero attached hydrogens (tertiary/aromatic N) is 1. The van der Waals surface area contributed by atoms with Gasteiger partial charge in [0.2, 0.25) is 0 Å². The third-order valence-electron chi connectivity index (χ3n) is 2.73. The molecule has 1 atom stereocenters. The van der Waals surface area contributed by atoms with Crippen LogP contribution in [0.5, 0.6) is 0 Å². The third-order valence-corrected chi connectivity index (χ3v) is 2.73. The molecule has 0 aliphatic heterocycles. The van der Waals surface area contributed by atoms with Gasteiger partial charge in [0.1, 0.15) is 5.69 Å². The van der Waals surface area contributed by atoms with Gasteiger partial charge in [-0.1, -0.05) is 0 Å². The Morgan fingerprint density at radius 1 is 1.59 bits per heavy atom. The monoisotopic (exact) mass is 240 g/mol. The second kappa shape index (κ2) is 6.42. The van der Waals surface area contributed by atoms with Crippen LogP contribution < -0.4 is 5.32 Å². The number of amides is 1. The maximum atomic E-state index is 11.8. The van der Waals surface area contributed by atoms with Crippen LogP contribution >= 0.6 is 0 Å². The lowest BCUT2D eigenvalue weighted by molar-refractivity contribution is 0.0587. The van der Waals surface area contributed by atoms with Gasteiger partial charge < -0.3 is 19.7 Å². The van der Waals surface area contributed by atoms with Crippen molar-refractivity contribution in [2.24, 2.45) is 7.05 Å². The number of carbonyl (C=O) groups is 1. The predicted molar refractivity (Wildman–Crippen MR) is 65.0 cm³/mol. The van der Waals surface area contributed by atoms with E-state index in [0.717, 1.165) is 5.69 Å². The van der Waals surface area contributed by atoms with E-state index in [0.29, 0.717) is 25.3 Å². The van der Waals surface area contributed by atoms with Gasteiger partial charge in [-0.3, -0.25) is 4.79 Å². The molecule has 0 saturated heterocycles. The van der Waals surface area contributed by atoms with Crippen molar-refractivity contribution >= 4 is 5.91 Å². The molecule has 1 unspecified atom stereocenters. The Bertz CT molecular complexity index is 374. The van der Waals surface area contributed by atoms with Gasteiger partial charge in [-0.05, 0) is 25.5 Å². The molecule has 1 rings (SSSR count). The SMILES string of the molecule is COCC(O)CCNC(=O)c1ccc(C)n1C. The van der Waals surface area contributed by atoms with Crippen molar-refractivity contribution in [1.29, 1.82) is 0 Å². The van der Waals surface area contributed by atoms with Gasteiger partial charge in [0.25, 0.3) is 5.91 Å². The Morgan fingerprint density at radius 2 is 2.29 bits per heavy atom. The quantitative estimate of drug-likeness (QED) is 0.759. The lowest BCUT2D eigenvalue weighted by atomic mass is 10.2. The number of aliphatic hydroxyl groups is 1. The molecular formula is C12H20N2O3. The van der Waals surface area contributed by atoms with Crippen molar-refractivity contribution in [3.05, 3.63) is 23.5 Å². The molecule has 17 heavy (non-hydrogen) atoms. The first-order valence-electron chi connectivity index (χ1n) is 5.63. The fourth-order valence-corrected chi connectivity index (χ4v) is 1.56. The molecule has 2 N–H and O–H groups in total. The van der Waals surface area contributed by atoms with E-state index in [1.165, 1.54) is 7.11 Å². The van der Waals surface area contributed by atoms with Crippen LogP contribution in [0.4, 0.5) is 0 Å². The lowest BCUT2D eigenvalue weighted by Gasteiger charge is -2.10. The molecule has 0 aliphatic rings. The molecule has 1 aromatic heterocycles. The summed E-state index contributed by atoms with van der Waals surface area (Å²) in [6, 6.07) is 3.69. The van der Waals surface area contributed by atoms with Crippen LogP contribution in [0.1, 0.15) is 22.6 Å². The molecular weight excluding hydrogens is 220 g/mol. The summed E-state index contributed by atoms with van der Waals surface area (Å²) in [6.45, 7) is 2.67. The zero-order valence-electron chi connectivity index (χ0n) is 10.6. The Morgan fingerprint density at radius 3 is 2.82 bits per heavy atom. The second-order valence-electron chi connectivity index (χ2n) is 4.07. The second-order valence-corrected chi connectivity index (χ2v) is 4.07. The first-order chi connectivity index (χ1) is 8.06. The van der Waals surface area contributed by atoms with Crippen molar-refractivity contribution in [3.63, 3.8) is 0 Å². The van der Waals surface area contributed by atoms with Crippen molar-refractivity contribution in [3.8, 4) is 0 Å². The number of carbonyl (C=O) groups excluding carboxylic acids is 1. The smallest absolute Gasteiger partial charge is 0.267 e. The zero-order chi connectivity index (χ0) is 12.8. The van der Waals surface area contributed by atoms with E-state index in [2.05, 4.69) is 5.32 Å². The highest BCUT2D eigenvalue weighted by molar-refractivity contribution is 5.92. The van der Waals surface area contributed by atoms with Crippen molar-refractivity contribution in [2.45, 2.75) is 19.4 Å². The molecule has 0 aliphatic carbocycles. The van der Waals surface area contributed by atoms with Gasteiger partial charge >= 0.3 is 0 Å². The predicted octanol–water partition coefficient (Wildman–Crippen LogP) is 0.461. The maximum Gasteiger partial charge on any atom is 0.267 e. The number of aliphatic hydroxyl groups excluding tert-OH is 1. The van der Waals surface area contributed by atoms with Crippen LogP contribution in [0.15, 0.2) is 12.1 Å².